The zero-order valence-corrected chi connectivity index (χ0v) is 18.0. The normalized spacial score (nSPS) is 14.6. The number of halogens is 1. The number of carbonyl (C=O) groups is 1. The van der Waals surface area contributed by atoms with Crippen LogP contribution in [-0.2, 0) is 0 Å². The maximum absolute atomic E-state index is 12.8. The molecule has 3 aromatic carbocycles. The first kappa shape index (κ1) is 19.8. The number of imidazole rings is 1. The molecule has 4 nitrogen and oxygen atoms in total. The van der Waals surface area contributed by atoms with Gasteiger partial charge in [0.1, 0.15) is 5.82 Å². The van der Waals surface area contributed by atoms with E-state index in [9.17, 15) is 4.79 Å². The number of fused-ring (bicyclic) bond motifs is 1. The van der Waals surface area contributed by atoms with Gasteiger partial charge in [0.15, 0.2) is 0 Å². The smallest absolute Gasteiger partial charge is 0.255 e. The number of nitrogens with one attached hydrogen (secondary N) is 1. The van der Waals surface area contributed by atoms with Gasteiger partial charge in [-0.1, -0.05) is 67.3 Å². The van der Waals surface area contributed by atoms with E-state index in [2.05, 4.69) is 22.0 Å². The fourth-order valence-corrected chi connectivity index (χ4v) is 4.70. The topological polar surface area (TPSA) is 46.9 Å². The van der Waals surface area contributed by atoms with Crippen LogP contribution in [0.15, 0.2) is 72.8 Å². The molecule has 5 heteroatoms. The highest BCUT2D eigenvalue weighted by Crippen LogP contribution is 2.36. The van der Waals surface area contributed by atoms with E-state index >= 15 is 0 Å². The number of hydrogen-bond acceptors (Lipinski definition) is 2. The average Bonchev–Trinajstić information content (AvgIpc) is 3.19. The Kier molecular flexibility index (Phi) is 5.47. The number of benzene rings is 3. The fourth-order valence-electron chi connectivity index (χ4n) is 4.51. The van der Waals surface area contributed by atoms with Gasteiger partial charge in [-0.15, -0.1) is 0 Å². The number of amides is 1. The zero-order valence-electron chi connectivity index (χ0n) is 17.2. The van der Waals surface area contributed by atoms with Crippen LogP contribution in [-0.4, -0.2) is 15.5 Å². The molecule has 1 heterocycles. The molecular weight excluding hydrogens is 406 g/mol. The predicted molar refractivity (Wildman–Crippen MR) is 127 cm³/mol. The molecule has 1 aromatic heterocycles. The van der Waals surface area contributed by atoms with Gasteiger partial charge in [-0.2, -0.15) is 0 Å². The Morgan fingerprint density at radius 3 is 2.52 bits per heavy atom. The minimum atomic E-state index is -0.169. The Morgan fingerprint density at radius 2 is 1.74 bits per heavy atom. The molecule has 0 unspecified atom stereocenters. The van der Waals surface area contributed by atoms with E-state index in [0.717, 1.165) is 22.4 Å². The summed E-state index contributed by atoms with van der Waals surface area (Å²) < 4.78 is 2.39. The largest absolute Gasteiger partial charge is 0.322 e. The van der Waals surface area contributed by atoms with Crippen LogP contribution >= 0.6 is 11.6 Å². The molecular formula is C26H24ClN3O. The van der Waals surface area contributed by atoms with Crippen molar-refractivity contribution in [2.45, 2.75) is 38.1 Å². The van der Waals surface area contributed by atoms with Crippen molar-refractivity contribution in [1.29, 1.82) is 0 Å². The molecule has 0 spiro atoms. The molecule has 1 aliphatic carbocycles. The van der Waals surface area contributed by atoms with Gasteiger partial charge in [0.2, 0.25) is 0 Å². The lowest BCUT2D eigenvalue weighted by Gasteiger charge is -2.25. The van der Waals surface area contributed by atoms with Gasteiger partial charge in [0.25, 0.3) is 5.91 Å². The van der Waals surface area contributed by atoms with E-state index in [1.807, 2.05) is 48.5 Å². The number of rotatable bonds is 4. The summed E-state index contributed by atoms with van der Waals surface area (Å²) in [6, 6.07) is 23.8. The van der Waals surface area contributed by atoms with Crippen molar-refractivity contribution in [2.75, 3.05) is 5.32 Å². The predicted octanol–water partition coefficient (Wildman–Crippen LogP) is 7.11. The molecule has 156 valence electrons. The van der Waals surface area contributed by atoms with Gasteiger partial charge in [-0.05, 0) is 49.2 Å². The summed E-state index contributed by atoms with van der Waals surface area (Å²) in [5.41, 5.74) is 4.30. The SMILES string of the molecule is O=C(Nc1cccc(Cl)c1)c1ccc2c(c1)nc(-c1ccccc1)n2C1CCCCC1. The summed E-state index contributed by atoms with van der Waals surface area (Å²) in [4.78, 5) is 17.8. The monoisotopic (exact) mass is 429 g/mol. The van der Waals surface area contributed by atoms with Gasteiger partial charge in [0, 0.05) is 27.9 Å². The van der Waals surface area contributed by atoms with Gasteiger partial charge in [0.05, 0.1) is 11.0 Å². The number of aromatic nitrogens is 2. The molecule has 0 saturated heterocycles. The van der Waals surface area contributed by atoms with Crippen molar-refractivity contribution in [3.63, 3.8) is 0 Å². The summed E-state index contributed by atoms with van der Waals surface area (Å²) in [7, 11) is 0. The summed E-state index contributed by atoms with van der Waals surface area (Å²) in [5.74, 6) is 0.813. The second-order valence-corrected chi connectivity index (χ2v) is 8.57. The van der Waals surface area contributed by atoms with Gasteiger partial charge >= 0.3 is 0 Å². The van der Waals surface area contributed by atoms with Crippen LogP contribution in [0.5, 0.6) is 0 Å². The maximum Gasteiger partial charge on any atom is 0.255 e. The van der Waals surface area contributed by atoms with E-state index in [1.54, 1.807) is 12.1 Å². The lowest BCUT2D eigenvalue weighted by molar-refractivity contribution is 0.102. The van der Waals surface area contributed by atoms with Crippen molar-refractivity contribution < 1.29 is 4.79 Å². The molecule has 1 saturated carbocycles. The minimum Gasteiger partial charge on any atom is -0.322 e. The molecule has 0 bridgehead atoms. The number of carbonyl (C=O) groups excluding carboxylic acids is 1. The maximum atomic E-state index is 12.8. The van der Waals surface area contributed by atoms with Gasteiger partial charge in [-0.25, -0.2) is 4.98 Å². The average molecular weight is 430 g/mol. The van der Waals surface area contributed by atoms with Crippen LogP contribution in [0, 0.1) is 0 Å². The molecule has 1 N–H and O–H groups in total. The highest BCUT2D eigenvalue weighted by molar-refractivity contribution is 6.31. The second-order valence-electron chi connectivity index (χ2n) is 8.13. The van der Waals surface area contributed by atoms with E-state index in [4.69, 9.17) is 16.6 Å². The van der Waals surface area contributed by atoms with Gasteiger partial charge < -0.3 is 9.88 Å². The first-order chi connectivity index (χ1) is 15.2. The number of hydrogen-bond donors (Lipinski definition) is 1. The van der Waals surface area contributed by atoms with E-state index < -0.39 is 0 Å². The second kappa shape index (κ2) is 8.56. The third kappa shape index (κ3) is 4.08. The summed E-state index contributed by atoms with van der Waals surface area (Å²) >= 11 is 6.04. The quantitative estimate of drug-likeness (QED) is 0.375. The molecule has 1 aliphatic rings. The van der Waals surface area contributed by atoms with E-state index in [0.29, 0.717) is 22.3 Å². The van der Waals surface area contributed by atoms with Gasteiger partial charge in [-0.3, -0.25) is 4.79 Å². The zero-order chi connectivity index (χ0) is 21.2. The lowest BCUT2D eigenvalue weighted by Crippen LogP contribution is -2.14. The molecule has 1 fully saturated rings. The van der Waals surface area contributed by atoms with Crippen molar-refractivity contribution in [3.05, 3.63) is 83.4 Å². The Labute approximate surface area is 186 Å². The number of anilines is 1. The fraction of sp³-hybridized carbons (Fsp3) is 0.231. The van der Waals surface area contributed by atoms with Crippen LogP contribution in [0.3, 0.4) is 0 Å². The van der Waals surface area contributed by atoms with Crippen LogP contribution in [0.2, 0.25) is 5.02 Å². The van der Waals surface area contributed by atoms with Crippen LogP contribution in [0.25, 0.3) is 22.4 Å². The molecule has 0 atom stereocenters. The molecule has 0 radical (unpaired) electrons. The Morgan fingerprint density at radius 1 is 0.935 bits per heavy atom. The van der Waals surface area contributed by atoms with Crippen LogP contribution in [0.4, 0.5) is 5.69 Å². The van der Waals surface area contributed by atoms with E-state index in [1.165, 1.54) is 32.1 Å². The Hall–Kier alpha value is -3.11. The Bertz CT molecular complexity index is 1230. The number of nitrogens with zero attached hydrogens (tertiary/aromatic N) is 2. The molecule has 4 aromatic rings. The van der Waals surface area contributed by atoms with Crippen LogP contribution < -0.4 is 5.32 Å². The standard InChI is InChI=1S/C26H24ClN3O/c27-20-10-7-11-21(17-20)28-26(31)19-14-15-24-23(16-19)29-25(18-8-3-1-4-9-18)30(24)22-12-5-2-6-13-22/h1,3-4,7-11,14-17,22H,2,5-6,12-13H2,(H,28,31). The molecule has 5 rings (SSSR count). The third-order valence-corrected chi connectivity index (χ3v) is 6.24. The van der Waals surface area contributed by atoms with Crippen molar-refractivity contribution in [1.82, 2.24) is 9.55 Å². The summed E-state index contributed by atoms with van der Waals surface area (Å²) in [6.45, 7) is 0. The first-order valence-electron chi connectivity index (χ1n) is 10.8. The lowest BCUT2D eigenvalue weighted by atomic mass is 9.95. The third-order valence-electron chi connectivity index (χ3n) is 6.01. The minimum absolute atomic E-state index is 0.169. The van der Waals surface area contributed by atoms with Crippen LogP contribution in [0.1, 0.15) is 48.5 Å². The van der Waals surface area contributed by atoms with Crippen molar-refractivity contribution >= 4 is 34.2 Å². The van der Waals surface area contributed by atoms with Crippen molar-refractivity contribution in [2.24, 2.45) is 0 Å². The summed E-state index contributed by atoms with van der Waals surface area (Å²) in [6.07, 6.45) is 6.14. The Balaban J connectivity index is 1.55. The molecule has 1 amide bonds. The van der Waals surface area contributed by atoms with Crippen molar-refractivity contribution in [3.8, 4) is 11.4 Å². The first-order valence-corrected chi connectivity index (χ1v) is 11.2. The highest BCUT2D eigenvalue weighted by atomic mass is 35.5. The molecule has 31 heavy (non-hydrogen) atoms. The molecule has 0 aliphatic heterocycles. The van der Waals surface area contributed by atoms with E-state index in [-0.39, 0.29) is 5.91 Å². The summed E-state index contributed by atoms with van der Waals surface area (Å²) in [5, 5.41) is 3.51. The highest BCUT2D eigenvalue weighted by Gasteiger charge is 2.23.